The molecule has 1 spiro atoms. The molecule has 1 saturated heterocycles. The lowest BCUT2D eigenvalue weighted by atomic mass is 9.71. The third-order valence-corrected chi connectivity index (χ3v) is 8.07. The predicted octanol–water partition coefficient (Wildman–Crippen LogP) is 3.82. The van der Waals surface area contributed by atoms with E-state index in [9.17, 15) is 17.6 Å². The minimum absolute atomic E-state index is 0.124. The summed E-state index contributed by atoms with van der Waals surface area (Å²) in [6.07, 6.45) is 9.50. The van der Waals surface area contributed by atoms with Gasteiger partial charge in [-0.25, -0.2) is 12.8 Å². The van der Waals surface area contributed by atoms with Crippen LogP contribution in [0.4, 0.5) is 4.39 Å². The fourth-order valence-electron chi connectivity index (χ4n) is 4.41. The van der Waals surface area contributed by atoms with Crippen molar-refractivity contribution in [2.45, 2.75) is 50.8 Å². The SMILES string of the molecule is CCN(CC)S(=O)(=O)c1cc(C(=O)N2CCCC3(CC=CCC3)C2)ccc1F. The zero-order valence-electron chi connectivity index (χ0n) is 16.7. The standard InChI is InChI=1S/C21H29FN2O3S/c1-3-24(4-2)28(26,27)19-15-17(9-10-18(19)22)20(25)23-14-8-13-21(16-23)11-6-5-7-12-21/h5-6,9-10,15H,3-4,7-8,11-14,16H2,1-2H3. The van der Waals surface area contributed by atoms with E-state index >= 15 is 0 Å². The van der Waals surface area contributed by atoms with Crippen LogP contribution in [-0.2, 0) is 10.0 Å². The van der Waals surface area contributed by atoms with Gasteiger partial charge in [-0.05, 0) is 55.7 Å². The van der Waals surface area contributed by atoms with Crippen LogP contribution >= 0.6 is 0 Å². The number of nitrogens with zero attached hydrogens (tertiary/aromatic N) is 2. The van der Waals surface area contributed by atoms with E-state index in [2.05, 4.69) is 12.2 Å². The lowest BCUT2D eigenvalue weighted by Gasteiger charge is -2.44. The minimum Gasteiger partial charge on any atom is -0.338 e. The van der Waals surface area contributed by atoms with E-state index in [-0.39, 0.29) is 30.0 Å². The number of sulfonamides is 1. The molecule has 1 amide bonds. The van der Waals surface area contributed by atoms with Crippen LogP contribution in [0.15, 0.2) is 35.2 Å². The van der Waals surface area contributed by atoms with Gasteiger partial charge in [0.25, 0.3) is 5.91 Å². The summed E-state index contributed by atoms with van der Waals surface area (Å²) in [7, 11) is -3.97. The molecular formula is C21H29FN2O3S. The van der Waals surface area contributed by atoms with E-state index in [1.54, 1.807) is 13.8 Å². The van der Waals surface area contributed by atoms with Gasteiger partial charge in [0.05, 0.1) is 0 Å². The highest BCUT2D eigenvalue weighted by molar-refractivity contribution is 7.89. The second-order valence-electron chi connectivity index (χ2n) is 7.78. The third kappa shape index (κ3) is 4.01. The summed E-state index contributed by atoms with van der Waals surface area (Å²) in [4.78, 5) is 14.5. The van der Waals surface area contributed by atoms with Gasteiger partial charge >= 0.3 is 0 Å². The summed E-state index contributed by atoms with van der Waals surface area (Å²) in [6.45, 7) is 5.24. The summed E-state index contributed by atoms with van der Waals surface area (Å²) in [5, 5.41) is 0. The summed E-state index contributed by atoms with van der Waals surface area (Å²) < 4.78 is 41.1. The smallest absolute Gasteiger partial charge is 0.253 e. The molecule has 1 fully saturated rings. The molecule has 28 heavy (non-hydrogen) atoms. The second-order valence-corrected chi connectivity index (χ2v) is 9.69. The third-order valence-electron chi connectivity index (χ3n) is 6.01. The molecule has 1 heterocycles. The van der Waals surface area contributed by atoms with Crippen LogP contribution in [0.25, 0.3) is 0 Å². The van der Waals surface area contributed by atoms with Crippen molar-refractivity contribution < 1.29 is 17.6 Å². The first-order valence-corrected chi connectivity index (χ1v) is 11.5. The molecule has 1 aromatic carbocycles. The molecule has 0 saturated carbocycles. The number of hydrogen-bond donors (Lipinski definition) is 0. The van der Waals surface area contributed by atoms with Crippen LogP contribution in [0.5, 0.6) is 0 Å². The van der Waals surface area contributed by atoms with E-state index in [1.165, 1.54) is 16.4 Å². The average Bonchev–Trinajstić information content (AvgIpc) is 2.69. The van der Waals surface area contributed by atoms with Gasteiger partial charge in [0.15, 0.2) is 0 Å². The molecule has 1 aliphatic heterocycles. The maximum absolute atomic E-state index is 14.4. The van der Waals surface area contributed by atoms with Crippen LogP contribution in [0.2, 0.25) is 0 Å². The molecule has 1 aliphatic carbocycles. The molecule has 0 aromatic heterocycles. The maximum atomic E-state index is 14.4. The molecular weight excluding hydrogens is 379 g/mol. The quantitative estimate of drug-likeness (QED) is 0.696. The number of benzene rings is 1. The Labute approximate surface area is 167 Å². The number of likely N-dealkylation sites (tertiary alicyclic amines) is 1. The summed E-state index contributed by atoms with van der Waals surface area (Å²) in [5.74, 6) is -1.04. The lowest BCUT2D eigenvalue weighted by molar-refractivity contribution is 0.0484. The summed E-state index contributed by atoms with van der Waals surface area (Å²) in [6, 6.07) is 3.68. The Bertz CT molecular complexity index is 864. The van der Waals surface area contributed by atoms with Crippen molar-refractivity contribution in [3.63, 3.8) is 0 Å². The van der Waals surface area contributed by atoms with Crippen LogP contribution in [0.1, 0.15) is 56.3 Å². The number of carbonyl (C=O) groups excluding carboxylic acids is 1. The zero-order chi connectivity index (χ0) is 20.4. The number of halogens is 1. The largest absolute Gasteiger partial charge is 0.338 e. The van der Waals surface area contributed by atoms with Crippen LogP contribution in [-0.4, -0.2) is 49.7 Å². The van der Waals surface area contributed by atoms with Crippen LogP contribution in [0.3, 0.4) is 0 Å². The number of amides is 1. The van der Waals surface area contributed by atoms with Gasteiger partial charge in [-0.15, -0.1) is 0 Å². The van der Waals surface area contributed by atoms with Crippen molar-refractivity contribution in [1.82, 2.24) is 9.21 Å². The van der Waals surface area contributed by atoms with Gasteiger partial charge in [-0.2, -0.15) is 4.31 Å². The van der Waals surface area contributed by atoms with E-state index < -0.39 is 20.7 Å². The van der Waals surface area contributed by atoms with Crippen molar-refractivity contribution in [2.75, 3.05) is 26.2 Å². The first kappa shape index (κ1) is 21.0. The highest BCUT2D eigenvalue weighted by atomic mass is 32.2. The van der Waals surface area contributed by atoms with E-state index in [4.69, 9.17) is 0 Å². The monoisotopic (exact) mass is 408 g/mol. The van der Waals surface area contributed by atoms with Crippen LogP contribution < -0.4 is 0 Å². The fraction of sp³-hybridized carbons (Fsp3) is 0.571. The fourth-order valence-corrected chi connectivity index (χ4v) is 5.96. The van der Waals surface area contributed by atoms with Gasteiger partial charge in [0.2, 0.25) is 10.0 Å². The normalized spacial score (nSPS) is 22.8. The number of hydrogen-bond acceptors (Lipinski definition) is 3. The van der Waals surface area contributed by atoms with Crippen molar-refractivity contribution in [2.24, 2.45) is 5.41 Å². The second kappa shape index (κ2) is 8.33. The highest BCUT2D eigenvalue weighted by Gasteiger charge is 2.37. The van der Waals surface area contributed by atoms with Gasteiger partial charge in [-0.1, -0.05) is 26.0 Å². The molecule has 1 aromatic rings. The summed E-state index contributed by atoms with van der Waals surface area (Å²) in [5.41, 5.74) is 0.356. The molecule has 5 nitrogen and oxygen atoms in total. The first-order chi connectivity index (χ1) is 13.3. The molecule has 3 rings (SSSR count). The Balaban J connectivity index is 1.88. The number of allylic oxidation sites excluding steroid dienone is 2. The topological polar surface area (TPSA) is 57.7 Å². The molecule has 0 bridgehead atoms. The van der Waals surface area contributed by atoms with Gasteiger partial charge in [-0.3, -0.25) is 4.79 Å². The Hall–Kier alpha value is -1.73. The molecule has 154 valence electrons. The molecule has 2 aliphatic rings. The van der Waals surface area contributed by atoms with Crippen LogP contribution in [0, 0.1) is 11.2 Å². The molecule has 0 radical (unpaired) electrons. The average molecular weight is 409 g/mol. The lowest BCUT2D eigenvalue weighted by Crippen LogP contribution is -2.46. The first-order valence-electron chi connectivity index (χ1n) is 10.1. The molecule has 1 atom stereocenters. The van der Waals surface area contributed by atoms with Crippen molar-refractivity contribution in [3.05, 3.63) is 41.7 Å². The zero-order valence-corrected chi connectivity index (χ0v) is 17.5. The van der Waals surface area contributed by atoms with E-state index in [0.717, 1.165) is 38.2 Å². The Morgan fingerprint density at radius 3 is 2.61 bits per heavy atom. The highest BCUT2D eigenvalue weighted by Crippen LogP contribution is 2.41. The molecule has 0 N–H and O–H groups in total. The minimum atomic E-state index is -3.97. The summed E-state index contributed by atoms with van der Waals surface area (Å²) >= 11 is 0. The van der Waals surface area contributed by atoms with E-state index in [0.29, 0.717) is 13.1 Å². The number of carbonyl (C=O) groups is 1. The molecule has 1 unspecified atom stereocenters. The number of rotatable bonds is 5. The Morgan fingerprint density at radius 1 is 1.21 bits per heavy atom. The maximum Gasteiger partial charge on any atom is 0.253 e. The molecule has 7 heteroatoms. The number of piperidine rings is 1. The Morgan fingerprint density at radius 2 is 1.96 bits per heavy atom. The predicted molar refractivity (Wildman–Crippen MR) is 107 cm³/mol. The van der Waals surface area contributed by atoms with E-state index in [1.807, 2.05) is 4.90 Å². The van der Waals surface area contributed by atoms with Gasteiger partial charge in [0, 0.05) is 31.7 Å². The van der Waals surface area contributed by atoms with Gasteiger partial charge in [0.1, 0.15) is 10.7 Å². The van der Waals surface area contributed by atoms with Crippen molar-refractivity contribution >= 4 is 15.9 Å². The van der Waals surface area contributed by atoms with Crippen molar-refractivity contribution in [1.29, 1.82) is 0 Å². The van der Waals surface area contributed by atoms with Crippen molar-refractivity contribution in [3.8, 4) is 0 Å². The van der Waals surface area contributed by atoms with Gasteiger partial charge < -0.3 is 4.90 Å². The Kier molecular flexibility index (Phi) is 6.25.